The van der Waals surface area contributed by atoms with Crippen LogP contribution >= 0.6 is 0 Å². The van der Waals surface area contributed by atoms with Gasteiger partial charge in [0.1, 0.15) is 23.4 Å². The molecule has 1 aromatic carbocycles. The average molecular weight is 314 g/mol. The van der Waals surface area contributed by atoms with E-state index in [4.69, 9.17) is 14.2 Å². The van der Waals surface area contributed by atoms with Gasteiger partial charge in [0.15, 0.2) is 0 Å². The third-order valence-electron chi connectivity index (χ3n) is 3.71. The number of rotatable bonds is 5. The zero-order valence-electron chi connectivity index (χ0n) is 13.1. The first-order valence-corrected chi connectivity index (χ1v) is 7.29. The van der Waals surface area contributed by atoms with E-state index in [0.717, 1.165) is 0 Å². The minimum Gasteiger partial charge on any atom is -0.497 e. The molecule has 3 rings (SSSR count). The van der Waals surface area contributed by atoms with E-state index in [1.165, 1.54) is 7.11 Å². The summed E-state index contributed by atoms with van der Waals surface area (Å²) in [6.45, 7) is 1.09. The molecule has 6 heteroatoms. The van der Waals surface area contributed by atoms with E-state index in [0.29, 0.717) is 35.9 Å². The first kappa shape index (κ1) is 15.1. The van der Waals surface area contributed by atoms with Gasteiger partial charge >= 0.3 is 0 Å². The summed E-state index contributed by atoms with van der Waals surface area (Å²) in [6.07, 6.45) is 3.35. The summed E-state index contributed by atoms with van der Waals surface area (Å²) in [6, 6.07) is 8.84. The van der Waals surface area contributed by atoms with Gasteiger partial charge in [-0.25, -0.2) is 0 Å². The van der Waals surface area contributed by atoms with E-state index in [-0.39, 0.29) is 12.0 Å². The van der Waals surface area contributed by atoms with Crippen molar-refractivity contribution in [3.05, 3.63) is 48.3 Å². The van der Waals surface area contributed by atoms with Gasteiger partial charge in [0.2, 0.25) is 0 Å². The van der Waals surface area contributed by atoms with Crippen LogP contribution in [0.5, 0.6) is 17.2 Å². The number of aromatic nitrogens is 1. The van der Waals surface area contributed by atoms with E-state index in [1.54, 1.807) is 42.6 Å². The summed E-state index contributed by atoms with van der Waals surface area (Å²) >= 11 is 0. The van der Waals surface area contributed by atoms with Gasteiger partial charge in [-0.15, -0.1) is 0 Å². The largest absolute Gasteiger partial charge is 0.497 e. The van der Waals surface area contributed by atoms with Crippen LogP contribution in [0, 0.1) is 0 Å². The first-order chi connectivity index (χ1) is 11.2. The molecule has 1 amide bonds. The molecule has 1 saturated heterocycles. The van der Waals surface area contributed by atoms with E-state index in [9.17, 15) is 4.79 Å². The molecule has 0 radical (unpaired) electrons. The van der Waals surface area contributed by atoms with Gasteiger partial charge in [-0.3, -0.25) is 9.78 Å². The lowest BCUT2D eigenvalue weighted by molar-refractivity contribution is 0.0174. The Morgan fingerprint density at radius 1 is 1.17 bits per heavy atom. The van der Waals surface area contributed by atoms with Gasteiger partial charge in [-0.05, 0) is 24.3 Å². The Labute approximate surface area is 134 Å². The van der Waals surface area contributed by atoms with Crippen LogP contribution < -0.4 is 14.2 Å². The first-order valence-electron chi connectivity index (χ1n) is 7.29. The second-order valence-corrected chi connectivity index (χ2v) is 5.20. The predicted octanol–water partition coefficient (Wildman–Crippen LogP) is 2.00. The molecule has 0 unspecified atom stereocenters. The highest BCUT2D eigenvalue weighted by Crippen LogP contribution is 2.27. The van der Waals surface area contributed by atoms with E-state index >= 15 is 0 Å². The molecule has 1 aliphatic rings. The molecular weight excluding hydrogens is 296 g/mol. The Morgan fingerprint density at radius 2 is 2.00 bits per heavy atom. The summed E-state index contributed by atoms with van der Waals surface area (Å²) in [5.41, 5.74) is 0.521. The fourth-order valence-electron chi connectivity index (χ4n) is 2.43. The number of benzene rings is 1. The van der Waals surface area contributed by atoms with Gasteiger partial charge in [-0.1, -0.05) is 0 Å². The third kappa shape index (κ3) is 3.21. The smallest absolute Gasteiger partial charge is 0.257 e. The van der Waals surface area contributed by atoms with E-state index in [2.05, 4.69) is 4.98 Å². The highest BCUT2D eigenvalue weighted by atomic mass is 16.5. The third-order valence-corrected chi connectivity index (χ3v) is 3.71. The average Bonchev–Trinajstić information content (AvgIpc) is 2.57. The summed E-state index contributed by atoms with van der Waals surface area (Å²) in [4.78, 5) is 18.3. The van der Waals surface area contributed by atoms with Crippen molar-refractivity contribution in [1.29, 1.82) is 0 Å². The van der Waals surface area contributed by atoms with Crippen LogP contribution in [0.15, 0.2) is 42.7 Å². The van der Waals surface area contributed by atoms with Crippen molar-refractivity contribution >= 4 is 5.91 Å². The number of hydrogen-bond donors (Lipinski definition) is 0. The minimum atomic E-state index is -0.0736. The van der Waals surface area contributed by atoms with Crippen molar-refractivity contribution < 1.29 is 19.0 Å². The van der Waals surface area contributed by atoms with Gasteiger partial charge in [0.05, 0.1) is 39.1 Å². The Balaban J connectivity index is 1.62. The molecule has 6 nitrogen and oxygen atoms in total. The zero-order chi connectivity index (χ0) is 16.2. The molecule has 120 valence electrons. The maximum atomic E-state index is 12.5. The van der Waals surface area contributed by atoms with Crippen LogP contribution in [-0.2, 0) is 0 Å². The number of methoxy groups -OCH3 is 2. The number of nitrogens with zero attached hydrogens (tertiary/aromatic N) is 2. The highest BCUT2D eigenvalue weighted by Gasteiger charge is 2.34. The predicted molar refractivity (Wildman–Crippen MR) is 84.1 cm³/mol. The molecule has 0 bridgehead atoms. The number of likely N-dealkylation sites (tertiary alicyclic amines) is 1. The van der Waals surface area contributed by atoms with Crippen LogP contribution in [0.2, 0.25) is 0 Å². The number of amides is 1. The Bertz CT molecular complexity index is 684. The van der Waals surface area contributed by atoms with Crippen LogP contribution in [0.25, 0.3) is 0 Å². The van der Waals surface area contributed by atoms with Crippen molar-refractivity contribution in [1.82, 2.24) is 9.88 Å². The summed E-state index contributed by atoms with van der Waals surface area (Å²) in [7, 11) is 3.11. The van der Waals surface area contributed by atoms with Crippen LogP contribution in [0.3, 0.4) is 0 Å². The summed E-state index contributed by atoms with van der Waals surface area (Å²) < 4.78 is 16.2. The van der Waals surface area contributed by atoms with Crippen LogP contribution in [0.1, 0.15) is 10.4 Å². The molecule has 1 fully saturated rings. The SMILES string of the molecule is COc1ccc(C(=O)N2CC(Oc3cccnc3)C2)c(OC)c1. The monoisotopic (exact) mass is 314 g/mol. The molecule has 2 heterocycles. The zero-order valence-corrected chi connectivity index (χ0v) is 13.1. The molecular formula is C17H18N2O4. The fraction of sp³-hybridized carbons (Fsp3) is 0.294. The van der Waals surface area contributed by atoms with Gasteiger partial charge in [0.25, 0.3) is 5.91 Å². The van der Waals surface area contributed by atoms with Crippen LogP contribution in [-0.4, -0.2) is 49.2 Å². The van der Waals surface area contributed by atoms with Crippen molar-refractivity contribution in [2.24, 2.45) is 0 Å². The summed E-state index contributed by atoms with van der Waals surface area (Å²) in [5, 5.41) is 0. The maximum absolute atomic E-state index is 12.5. The Morgan fingerprint density at radius 3 is 2.65 bits per heavy atom. The molecule has 0 aliphatic carbocycles. The van der Waals surface area contributed by atoms with Gasteiger partial charge in [0, 0.05) is 12.3 Å². The van der Waals surface area contributed by atoms with Gasteiger partial charge in [-0.2, -0.15) is 0 Å². The topological polar surface area (TPSA) is 60.9 Å². The molecule has 0 atom stereocenters. The van der Waals surface area contributed by atoms with Crippen molar-refractivity contribution in [3.63, 3.8) is 0 Å². The number of carbonyl (C=O) groups excluding carboxylic acids is 1. The number of pyridine rings is 1. The normalized spacial score (nSPS) is 14.1. The van der Waals surface area contributed by atoms with Crippen molar-refractivity contribution in [2.45, 2.75) is 6.10 Å². The Hall–Kier alpha value is -2.76. The lowest BCUT2D eigenvalue weighted by Gasteiger charge is -2.39. The second-order valence-electron chi connectivity index (χ2n) is 5.20. The highest BCUT2D eigenvalue weighted by molar-refractivity contribution is 5.97. The van der Waals surface area contributed by atoms with Crippen molar-refractivity contribution in [2.75, 3.05) is 27.3 Å². The lowest BCUT2D eigenvalue weighted by Crippen LogP contribution is -2.56. The maximum Gasteiger partial charge on any atom is 0.257 e. The molecule has 1 aliphatic heterocycles. The standard InChI is InChI=1S/C17H18N2O4/c1-21-12-5-6-15(16(8-12)22-2)17(20)19-10-14(11-19)23-13-4-3-7-18-9-13/h3-9,14H,10-11H2,1-2H3. The molecule has 1 aromatic heterocycles. The fourth-order valence-corrected chi connectivity index (χ4v) is 2.43. The van der Waals surface area contributed by atoms with Crippen molar-refractivity contribution in [3.8, 4) is 17.2 Å². The molecule has 2 aromatic rings. The quantitative estimate of drug-likeness (QED) is 0.845. The minimum absolute atomic E-state index is 0.00704. The van der Waals surface area contributed by atoms with Crippen LogP contribution in [0.4, 0.5) is 0 Å². The Kier molecular flexibility index (Phi) is 4.32. The number of ether oxygens (including phenoxy) is 3. The lowest BCUT2D eigenvalue weighted by atomic mass is 10.1. The number of carbonyl (C=O) groups is 1. The summed E-state index contributed by atoms with van der Waals surface area (Å²) in [5.74, 6) is 1.80. The molecule has 23 heavy (non-hydrogen) atoms. The van der Waals surface area contributed by atoms with Gasteiger partial charge < -0.3 is 19.1 Å². The van der Waals surface area contributed by atoms with E-state index in [1.807, 2.05) is 12.1 Å². The molecule has 0 spiro atoms. The molecule has 0 saturated carbocycles. The number of hydrogen-bond acceptors (Lipinski definition) is 5. The van der Waals surface area contributed by atoms with E-state index < -0.39 is 0 Å². The second kappa shape index (κ2) is 6.56. The molecule has 0 N–H and O–H groups in total.